The predicted octanol–water partition coefficient (Wildman–Crippen LogP) is 3.37. The van der Waals surface area contributed by atoms with Gasteiger partial charge < -0.3 is 15.2 Å². The van der Waals surface area contributed by atoms with Gasteiger partial charge in [0, 0.05) is 18.2 Å². The molecule has 4 rings (SSSR count). The van der Waals surface area contributed by atoms with Gasteiger partial charge in [0.15, 0.2) is 6.10 Å². The van der Waals surface area contributed by atoms with Crippen LogP contribution in [0.5, 0.6) is 0 Å². The Balaban J connectivity index is 0.00000306. The number of amides is 1. The fourth-order valence-corrected chi connectivity index (χ4v) is 5.29. The lowest BCUT2D eigenvalue weighted by atomic mass is 10.0. The first-order chi connectivity index (χ1) is 15.3. The van der Waals surface area contributed by atoms with Crippen molar-refractivity contribution in [2.45, 2.75) is 23.4 Å². The Morgan fingerprint density at radius 3 is 2.21 bits per heavy atom. The summed E-state index contributed by atoms with van der Waals surface area (Å²) in [5.74, 6) is -1.49. The van der Waals surface area contributed by atoms with Gasteiger partial charge in [0.25, 0.3) is 5.91 Å². The van der Waals surface area contributed by atoms with E-state index in [9.17, 15) is 14.4 Å². The molecule has 174 valence electrons. The van der Waals surface area contributed by atoms with Crippen molar-refractivity contribution in [2.75, 3.05) is 12.4 Å². The summed E-state index contributed by atoms with van der Waals surface area (Å²) in [6, 6.07) is 18.6. The maximum atomic E-state index is 13.4. The highest BCUT2D eigenvalue weighted by Gasteiger charge is 2.62. The lowest BCUT2D eigenvalue weighted by molar-refractivity contribution is -0.154. The fraction of sp³-hybridized carbons (Fsp3) is 0.261. The predicted molar refractivity (Wildman–Crippen MR) is 128 cm³/mol. The van der Waals surface area contributed by atoms with Crippen molar-refractivity contribution in [2.24, 2.45) is 5.73 Å². The van der Waals surface area contributed by atoms with Crippen LogP contribution in [0.25, 0.3) is 0 Å². The zero-order valence-corrected chi connectivity index (χ0v) is 20.0. The molecule has 1 fully saturated rings. The highest BCUT2D eigenvalue weighted by atomic mass is 35.5. The number of ether oxygens (including phenoxy) is 2. The zero-order chi connectivity index (χ0) is 22.9. The van der Waals surface area contributed by atoms with Gasteiger partial charge in [-0.05, 0) is 11.1 Å². The molecule has 0 bridgehead atoms. The first-order valence-corrected chi connectivity index (χ1v) is 11.3. The average Bonchev–Trinajstić information content (AvgIpc) is 2.81. The molecule has 2 aliphatic rings. The van der Waals surface area contributed by atoms with Gasteiger partial charge in [-0.3, -0.25) is 14.5 Å². The number of nitrogens with zero attached hydrogens (tertiary/aromatic N) is 1. The number of benzene rings is 2. The number of fused-ring (bicyclic) bond motifs is 1. The summed E-state index contributed by atoms with van der Waals surface area (Å²) in [6.07, 6.45) is -0.699. The van der Waals surface area contributed by atoms with Gasteiger partial charge in [-0.1, -0.05) is 72.3 Å². The van der Waals surface area contributed by atoms with Gasteiger partial charge in [-0.2, -0.15) is 0 Å². The van der Waals surface area contributed by atoms with E-state index < -0.39 is 34.3 Å². The third-order valence-electron chi connectivity index (χ3n) is 5.20. The Hall–Kier alpha value is -2.52. The van der Waals surface area contributed by atoms with Gasteiger partial charge in [-0.25, -0.2) is 4.79 Å². The van der Waals surface area contributed by atoms with Crippen LogP contribution in [0.3, 0.4) is 0 Å². The Labute approximate surface area is 206 Å². The van der Waals surface area contributed by atoms with Crippen LogP contribution in [0.1, 0.15) is 24.2 Å². The van der Waals surface area contributed by atoms with E-state index >= 15 is 0 Å². The number of thioether (sulfide) groups is 1. The molecule has 2 atom stereocenters. The number of hydrogen-bond donors (Lipinski definition) is 1. The fourth-order valence-electron chi connectivity index (χ4n) is 3.64. The maximum absolute atomic E-state index is 13.4. The molecule has 2 aromatic carbocycles. The smallest absolute Gasteiger partial charge is 0.356 e. The first-order valence-electron chi connectivity index (χ1n) is 9.90. The topological polar surface area (TPSA) is 98.9 Å². The minimum Gasteiger partial charge on any atom is -0.461 e. The Morgan fingerprint density at radius 2 is 1.70 bits per heavy atom. The van der Waals surface area contributed by atoms with Gasteiger partial charge in [0.2, 0.25) is 5.00 Å². The van der Waals surface area contributed by atoms with Crippen LogP contribution in [0, 0.1) is 0 Å². The molecule has 7 nitrogen and oxygen atoms in total. The molecule has 2 aromatic rings. The van der Waals surface area contributed by atoms with Crippen LogP contribution < -0.4 is 5.73 Å². The van der Waals surface area contributed by atoms with Crippen LogP contribution in [0.2, 0.25) is 0 Å². The molecule has 0 spiro atoms. The number of halogens is 2. The summed E-state index contributed by atoms with van der Waals surface area (Å²) in [7, 11) is 0. The molecular formula is C23H22Cl2N2O5S. The van der Waals surface area contributed by atoms with Crippen molar-refractivity contribution < 1.29 is 23.9 Å². The first kappa shape index (κ1) is 25.1. The molecule has 0 unspecified atom stereocenters. The largest absolute Gasteiger partial charge is 0.461 e. The number of alkyl halides is 1. The number of nitrogens with two attached hydrogens (primary N) is 1. The molecule has 0 aliphatic carbocycles. The van der Waals surface area contributed by atoms with E-state index in [1.54, 1.807) is 0 Å². The van der Waals surface area contributed by atoms with Crippen LogP contribution in [-0.2, 0) is 23.9 Å². The SMILES string of the molecule is CC(=O)OCC1=C(C(=O)OC(c2ccccc2)c2ccccc2)N2C(=O)[C@@](N)(Cl)[C@H]2SC1.Cl. The van der Waals surface area contributed by atoms with E-state index in [0.29, 0.717) is 11.3 Å². The number of rotatable bonds is 6. The van der Waals surface area contributed by atoms with Gasteiger partial charge >= 0.3 is 11.9 Å². The highest BCUT2D eigenvalue weighted by molar-refractivity contribution is 8.00. The van der Waals surface area contributed by atoms with E-state index in [-0.39, 0.29) is 24.7 Å². The lowest BCUT2D eigenvalue weighted by Gasteiger charge is -2.52. The summed E-state index contributed by atoms with van der Waals surface area (Å²) >= 11 is 7.48. The molecule has 10 heteroatoms. The molecule has 2 N–H and O–H groups in total. The van der Waals surface area contributed by atoms with Crippen LogP contribution in [0.4, 0.5) is 0 Å². The van der Waals surface area contributed by atoms with Crippen molar-refractivity contribution in [3.05, 3.63) is 83.1 Å². The van der Waals surface area contributed by atoms with Gasteiger partial charge in [0.05, 0.1) is 0 Å². The van der Waals surface area contributed by atoms with Crippen molar-refractivity contribution in [1.29, 1.82) is 0 Å². The monoisotopic (exact) mass is 508 g/mol. The minimum absolute atomic E-state index is 0. The molecule has 0 radical (unpaired) electrons. The summed E-state index contributed by atoms with van der Waals surface area (Å²) < 4.78 is 11.1. The summed E-state index contributed by atoms with van der Waals surface area (Å²) in [5, 5.41) is -0.618. The van der Waals surface area contributed by atoms with Crippen molar-refractivity contribution in [1.82, 2.24) is 4.90 Å². The quantitative estimate of drug-likeness (QED) is 0.276. The number of esters is 2. The number of hydrogen-bond acceptors (Lipinski definition) is 7. The van der Waals surface area contributed by atoms with Crippen molar-refractivity contribution in [3.63, 3.8) is 0 Å². The Kier molecular flexibility index (Phi) is 7.74. The van der Waals surface area contributed by atoms with E-state index in [1.807, 2.05) is 60.7 Å². The van der Waals surface area contributed by atoms with E-state index in [4.69, 9.17) is 26.8 Å². The van der Waals surface area contributed by atoms with Crippen LogP contribution in [0.15, 0.2) is 71.9 Å². The number of carbonyl (C=O) groups is 3. The molecule has 1 amide bonds. The lowest BCUT2D eigenvalue weighted by Crippen LogP contribution is -2.75. The summed E-state index contributed by atoms with van der Waals surface area (Å²) in [5.41, 5.74) is 7.97. The maximum Gasteiger partial charge on any atom is 0.356 e. The summed E-state index contributed by atoms with van der Waals surface area (Å²) in [6.45, 7) is 1.14. The second kappa shape index (κ2) is 10.2. The normalized spacial score (nSPS) is 21.6. The second-order valence-corrected chi connectivity index (χ2v) is 9.14. The highest BCUT2D eigenvalue weighted by Crippen LogP contribution is 2.47. The number of β-lactam (4-membered cyclic amide) rings is 1. The molecule has 1 saturated heterocycles. The molecular weight excluding hydrogens is 487 g/mol. The van der Waals surface area contributed by atoms with Gasteiger partial charge in [0.1, 0.15) is 17.7 Å². The molecule has 33 heavy (non-hydrogen) atoms. The van der Waals surface area contributed by atoms with Crippen LogP contribution in [-0.4, -0.2) is 45.5 Å². The van der Waals surface area contributed by atoms with Crippen molar-refractivity contribution in [3.8, 4) is 0 Å². The standard InChI is InChI=1S/C23H21ClN2O5S.ClH/c1-14(27)30-12-17-13-32-22-23(24,25)21(29)26(22)18(17)20(28)31-19(15-8-4-2-5-9-15)16-10-6-3-7-11-16;/h2-11,19,22H,12-13,25H2,1H3;1H/t22-,23+;/m1./s1. The van der Waals surface area contributed by atoms with Gasteiger partial charge in [-0.15, -0.1) is 24.2 Å². The van der Waals surface area contributed by atoms with Crippen LogP contribution >= 0.6 is 35.8 Å². The molecule has 0 saturated carbocycles. The van der Waals surface area contributed by atoms with Crippen molar-refractivity contribution >= 4 is 53.6 Å². The third-order valence-corrected chi connectivity index (χ3v) is 7.12. The number of carbonyl (C=O) groups excluding carboxylic acids is 3. The Morgan fingerprint density at radius 1 is 1.15 bits per heavy atom. The summed E-state index contributed by atoms with van der Waals surface area (Å²) in [4.78, 5) is 37.1. The second-order valence-electron chi connectivity index (χ2n) is 7.45. The van der Waals surface area contributed by atoms with E-state index in [2.05, 4.69) is 0 Å². The third kappa shape index (κ3) is 4.89. The molecule has 2 aliphatic heterocycles. The Bertz CT molecular complexity index is 1040. The minimum atomic E-state index is -1.60. The molecule has 0 aromatic heterocycles. The van der Waals surface area contributed by atoms with E-state index in [1.165, 1.54) is 23.6 Å². The van der Waals surface area contributed by atoms with E-state index in [0.717, 1.165) is 11.1 Å². The zero-order valence-electron chi connectivity index (χ0n) is 17.6. The molecule has 2 heterocycles. The average molecular weight is 509 g/mol.